The molecule has 0 aromatic heterocycles. The number of likely N-dealkylation sites (N-methyl/N-ethyl adjacent to an activating group) is 1. The molecule has 31 heavy (non-hydrogen) atoms. The quantitative estimate of drug-likeness (QED) is 0.682. The van der Waals surface area contributed by atoms with Crippen molar-refractivity contribution in [2.75, 3.05) is 25.3 Å². The molecule has 3 aliphatic heterocycles. The summed E-state index contributed by atoms with van der Waals surface area (Å²) in [5, 5.41) is 10.3. The van der Waals surface area contributed by atoms with Crippen LogP contribution >= 0.6 is 0 Å². The van der Waals surface area contributed by atoms with Gasteiger partial charge in [0.1, 0.15) is 18.1 Å². The second kappa shape index (κ2) is 7.59. The molecule has 2 N–H and O–H groups in total. The number of aliphatic carboxylic acids is 1. The summed E-state index contributed by atoms with van der Waals surface area (Å²) in [4.78, 5) is 12.5. The maximum absolute atomic E-state index is 12.8. The first-order chi connectivity index (χ1) is 14.6. The number of anilines is 1. The Hall–Kier alpha value is -3.02. The van der Waals surface area contributed by atoms with E-state index in [0.29, 0.717) is 22.7 Å². The number of aryl methyl sites for hydroxylation is 1. The third-order valence-corrected chi connectivity index (χ3v) is 5.12. The third kappa shape index (κ3) is 3.99. The van der Waals surface area contributed by atoms with Gasteiger partial charge in [-0.2, -0.15) is 18.6 Å². The summed E-state index contributed by atoms with van der Waals surface area (Å²) in [6, 6.07) is 9.78. The number of carboxylic acid groups (broad SMARTS) is 1. The molecular weight excluding hydrogens is 419 g/mol. The number of nitrogens with one attached hydrogen (secondary N) is 1. The van der Waals surface area contributed by atoms with Gasteiger partial charge in [-0.05, 0) is 62.0 Å². The van der Waals surface area contributed by atoms with Crippen LogP contribution in [0.5, 0.6) is 11.5 Å². The highest BCUT2D eigenvalue weighted by Gasteiger charge is 2.63. The minimum atomic E-state index is -4.40. The van der Waals surface area contributed by atoms with Crippen LogP contribution in [0, 0.1) is 6.92 Å². The molecule has 0 spiro atoms. The Morgan fingerprint density at radius 1 is 1.23 bits per heavy atom. The van der Waals surface area contributed by atoms with Gasteiger partial charge in [0.25, 0.3) is 0 Å². The molecule has 0 radical (unpaired) electrons. The van der Waals surface area contributed by atoms with Gasteiger partial charge in [-0.3, -0.25) is 5.01 Å². The van der Waals surface area contributed by atoms with Crippen molar-refractivity contribution in [2.45, 2.75) is 25.3 Å². The summed E-state index contributed by atoms with van der Waals surface area (Å²) in [5.74, 6) is -1.05. The van der Waals surface area contributed by atoms with E-state index in [0.717, 1.165) is 12.1 Å². The molecule has 2 atom stereocenters. The first kappa shape index (κ1) is 21.2. The average Bonchev–Trinajstić information content (AvgIpc) is 3.24. The van der Waals surface area contributed by atoms with E-state index in [1.165, 1.54) is 12.1 Å². The molecule has 0 aliphatic carbocycles. The molecule has 0 amide bonds. The van der Waals surface area contributed by atoms with E-state index in [-0.39, 0.29) is 6.61 Å². The Bertz CT molecular complexity index is 985. The van der Waals surface area contributed by atoms with E-state index >= 15 is 0 Å². The number of alkyl halides is 3. The SMILES string of the molecule is Cc1cc(OCC23NN(c4ccc(C(F)(F)F)cc4)C(O2)N3C)ccc1OCC(=O)O. The van der Waals surface area contributed by atoms with Gasteiger partial charge in [0, 0.05) is 0 Å². The van der Waals surface area contributed by atoms with E-state index in [2.05, 4.69) is 5.43 Å². The maximum Gasteiger partial charge on any atom is 0.416 e. The zero-order valence-electron chi connectivity index (χ0n) is 16.6. The molecular formula is C20H20F3N3O5. The van der Waals surface area contributed by atoms with Crippen molar-refractivity contribution in [1.82, 2.24) is 10.3 Å². The minimum Gasteiger partial charge on any atom is -0.488 e. The lowest BCUT2D eigenvalue weighted by molar-refractivity contribution is -0.314. The molecule has 3 fully saturated rings. The van der Waals surface area contributed by atoms with Gasteiger partial charge >= 0.3 is 12.1 Å². The number of halogens is 3. The molecule has 2 aromatic carbocycles. The van der Waals surface area contributed by atoms with Crippen LogP contribution in [-0.4, -0.2) is 48.4 Å². The van der Waals surface area contributed by atoms with Crippen LogP contribution in [0.15, 0.2) is 42.5 Å². The monoisotopic (exact) mass is 439 g/mol. The molecule has 3 heterocycles. The van der Waals surface area contributed by atoms with Crippen LogP contribution < -0.4 is 19.9 Å². The van der Waals surface area contributed by atoms with Crippen LogP contribution in [0.1, 0.15) is 11.1 Å². The van der Waals surface area contributed by atoms with Crippen molar-refractivity contribution in [1.29, 1.82) is 0 Å². The van der Waals surface area contributed by atoms with Crippen molar-refractivity contribution < 1.29 is 37.3 Å². The number of hydrazine groups is 1. The molecule has 0 saturated carbocycles. The first-order valence-corrected chi connectivity index (χ1v) is 9.32. The van der Waals surface area contributed by atoms with Gasteiger partial charge in [0.15, 0.2) is 6.61 Å². The lowest BCUT2D eigenvalue weighted by Gasteiger charge is -2.44. The average molecular weight is 439 g/mol. The summed E-state index contributed by atoms with van der Waals surface area (Å²) < 4.78 is 55.2. The van der Waals surface area contributed by atoms with E-state index in [1.54, 1.807) is 30.1 Å². The van der Waals surface area contributed by atoms with Crippen molar-refractivity contribution in [3.05, 3.63) is 53.6 Å². The molecule has 166 valence electrons. The van der Waals surface area contributed by atoms with Gasteiger partial charge in [-0.1, -0.05) is 0 Å². The minimum absolute atomic E-state index is 0.103. The Morgan fingerprint density at radius 2 is 1.94 bits per heavy atom. The zero-order valence-corrected chi connectivity index (χ0v) is 16.6. The van der Waals surface area contributed by atoms with Gasteiger partial charge in [0.2, 0.25) is 12.2 Å². The fourth-order valence-electron chi connectivity index (χ4n) is 3.41. The number of rotatable bonds is 7. The van der Waals surface area contributed by atoms with Gasteiger partial charge in [-0.25, -0.2) is 9.69 Å². The van der Waals surface area contributed by atoms with Crippen molar-refractivity contribution in [2.24, 2.45) is 0 Å². The Balaban J connectivity index is 1.39. The topological polar surface area (TPSA) is 83.5 Å². The largest absolute Gasteiger partial charge is 0.488 e. The lowest BCUT2D eigenvalue weighted by atomic mass is 10.2. The van der Waals surface area contributed by atoms with Crippen LogP contribution in [0.25, 0.3) is 0 Å². The highest BCUT2D eigenvalue weighted by Crippen LogP contribution is 2.42. The molecule has 3 aliphatic rings. The number of nitrogens with zero attached hydrogens (tertiary/aromatic N) is 2. The van der Waals surface area contributed by atoms with Gasteiger partial charge in [0.05, 0.1) is 11.3 Å². The van der Waals surface area contributed by atoms with E-state index in [1.807, 2.05) is 11.9 Å². The molecule has 8 nitrogen and oxygen atoms in total. The Labute approximate surface area is 175 Å². The summed E-state index contributed by atoms with van der Waals surface area (Å²) in [5.41, 5.74) is 3.65. The standard InChI is InChI=1S/C20H20F3N3O5/c1-12-9-15(7-8-16(12)29-10-17(27)28)30-11-19-24-26(18(31-19)25(19)2)14-5-3-13(4-6-14)20(21,22)23/h3-9,18,24H,10-11H2,1-2H3,(H,27,28). The molecule has 2 bridgehead atoms. The number of benzene rings is 2. The van der Waals surface area contributed by atoms with Crippen LogP contribution in [-0.2, 0) is 15.7 Å². The highest BCUT2D eigenvalue weighted by atomic mass is 19.4. The van der Waals surface area contributed by atoms with E-state index in [4.69, 9.17) is 19.3 Å². The molecule has 3 saturated heterocycles. The van der Waals surface area contributed by atoms with Crippen LogP contribution in [0.4, 0.5) is 18.9 Å². The number of hydrogen-bond acceptors (Lipinski definition) is 7. The second-order valence-corrected chi connectivity index (χ2v) is 7.26. The predicted molar refractivity (Wildman–Crippen MR) is 102 cm³/mol. The first-order valence-electron chi connectivity index (χ1n) is 9.32. The second-order valence-electron chi connectivity index (χ2n) is 7.26. The lowest BCUT2D eigenvalue weighted by Crippen LogP contribution is -2.66. The van der Waals surface area contributed by atoms with Crippen LogP contribution in [0.3, 0.4) is 0 Å². The van der Waals surface area contributed by atoms with Gasteiger partial charge < -0.3 is 19.3 Å². The number of fused-ring (bicyclic) bond motifs is 1. The molecule has 11 heteroatoms. The summed E-state index contributed by atoms with van der Waals surface area (Å²) >= 11 is 0. The van der Waals surface area contributed by atoms with Crippen molar-refractivity contribution in [3.8, 4) is 11.5 Å². The van der Waals surface area contributed by atoms with E-state index < -0.39 is 36.5 Å². The number of carbonyl (C=O) groups is 1. The zero-order chi connectivity index (χ0) is 22.4. The van der Waals surface area contributed by atoms with Crippen LogP contribution in [0.2, 0.25) is 0 Å². The summed E-state index contributed by atoms with van der Waals surface area (Å²) in [6.07, 6.45) is -4.87. The van der Waals surface area contributed by atoms with Gasteiger partial charge in [-0.15, -0.1) is 0 Å². The van der Waals surface area contributed by atoms with E-state index in [9.17, 15) is 18.0 Å². The third-order valence-electron chi connectivity index (χ3n) is 5.12. The fourth-order valence-corrected chi connectivity index (χ4v) is 3.41. The summed E-state index contributed by atoms with van der Waals surface area (Å²) in [7, 11) is 1.81. The molecule has 5 rings (SSSR count). The Morgan fingerprint density at radius 3 is 2.52 bits per heavy atom. The van der Waals surface area contributed by atoms with Crippen molar-refractivity contribution >= 4 is 11.7 Å². The number of hydrogen-bond donors (Lipinski definition) is 2. The summed E-state index contributed by atoms with van der Waals surface area (Å²) in [6.45, 7) is 1.43. The number of carboxylic acids is 1. The predicted octanol–water partition coefficient (Wildman–Crippen LogP) is 2.78. The molecule has 2 unspecified atom stereocenters. The molecule has 2 aromatic rings. The smallest absolute Gasteiger partial charge is 0.416 e. The maximum atomic E-state index is 12.8. The van der Waals surface area contributed by atoms with Crippen molar-refractivity contribution in [3.63, 3.8) is 0 Å². The Kier molecular flexibility index (Phi) is 5.20. The fraction of sp³-hybridized carbons (Fsp3) is 0.350. The normalized spacial score (nSPS) is 22.9. The highest BCUT2D eigenvalue weighted by molar-refractivity contribution is 5.68. The number of ether oxygens (including phenoxy) is 3.